The van der Waals surface area contributed by atoms with Gasteiger partial charge < -0.3 is 15.4 Å². The van der Waals surface area contributed by atoms with E-state index >= 15 is 0 Å². The minimum atomic E-state index is -1.09. The first-order chi connectivity index (χ1) is 6.59. The van der Waals surface area contributed by atoms with Gasteiger partial charge in [0.2, 0.25) is 0 Å². The molecule has 6 heteroatoms. The third kappa shape index (κ3) is 1.28. The number of carbonyl (C=O) groups is 1. The Labute approximate surface area is 79.6 Å². The zero-order valence-corrected chi connectivity index (χ0v) is 7.16. The van der Waals surface area contributed by atoms with Crippen LogP contribution in [0.5, 0.6) is 0 Å². The largest absolute Gasteiger partial charge is 0.491 e. The first-order valence-corrected chi connectivity index (χ1v) is 4.01. The molecule has 1 aromatic rings. The van der Waals surface area contributed by atoms with Crippen LogP contribution in [0.2, 0.25) is 0 Å². The van der Waals surface area contributed by atoms with Crippen molar-refractivity contribution in [2.45, 2.75) is 6.61 Å². The molecule has 0 saturated carbocycles. The predicted octanol–water partition coefficient (Wildman–Crippen LogP) is -0.858. The van der Waals surface area contributed by atoms with E-state index in [0.29, 0.717) is 11.0 Å². The Morgan fingerprint density at radius 3 is 3.00 bits per heavy atom. The Balaban J connectivity index is 2.57. The van der Waals surface area contributed by atoms with E-state index in [1.165, 1.54) is 6.07 Å². The molecule has 1 aliphatic rings. The smallest absolute Gasteiger partial charge is 0.423 e. The molecule has 1 heterocycles. The topological polar surface area (TPSA) is 72.6 Å². The highest BCUT2D eigenvalue weighted by atomic mass is 19.1. The van der Waals surface area contributed by atoms with E-state index < -0.39 is 18.8 Å². The molecule has 1 aliphatic heterocycles. The number of rotatable bonds is 1. The summed E-state index contributed by atoms with van der Waals surface area (Å²) >= 11 is 0. The highest BCUT2D eigenvalue weighted by Crippen LogP contribution is 2.14. The minimum Gasteiger partial charge on any atom is -0.423 e. The van der Waals surface area contributed by atoms with Crippen LogP contribution in [0.4, 0.5) is 4.39 Å². The standard InChI is InChI=1S/C8H7BFNO3/c10-7-1-4-3-14-9(13)6(4)2-5(7)8(11)12/h1-2,13H,3H2,(H2,11,12). The molecule has 14 heavy (non-hydrogen) atoms. The fraction of sp³-hybridized carbons (Fsp3) is 0.125. The van der Waals surface area contributed by atoms with Crippen molar-refractivity contribution < 1.29 is 18.9 Å². The molecule has 0 aromatic heterocycles. The molecule has 4 nitrogen and oxygen atoms in total. The van der Waals surface area contributed by atoms with Crippen molar-refractivity contribution in [1.82, 2.24) is 0 Å². The monoisotopic (exact) mass is 195 g/mol. The van der Waals surface area contributed by atoms with Crippen LogP contribution in [0.15, 0.2) is 12.1 Å². The van der Waals surface area contributed by atoms with Crippen LogP contribution >= 0.6 is 0 Å². The average Bonchev–Trinajstić information content (AvgIpc) is 2.46. The molecule has 0 spiro atoms. The van der Waals surface area contributed by atoms with Crippen molar-refractivity contribution in [2.75, 3.05) is 0 Å². The fourth-order valence-corrected chi connectivity index (χ4v) is 1.43. The lowest BCUT2D eigenvalue weighted by molar-refractivity contribution is 0.0996. The molecular weight excluding hydrogens is 188 g/mol. The van der Waals surface area contributed by atoms with Crippen LogP contribution in [0, 0.1) is 5.82 Å². The summed E-state index contributed by atoms with van der Waals surface area (Å²) in [6.45, 7) is 0.145. The molecule has 3 N–H and O–H groups in total. The fourth-order valence-electron chi connectivity index (χ4n) is 1.43. The van der Waals surface area contributed by atoms with Crippen molar-refractivity contribution >= 4 is 18.5 Å². The Bertz CT molecular complexity index is 410. The number of carbonyl (C=O) groups excluding carboxylic acids is 1. The molecule has 72 valence electrons. The number of hydrogen-bond acceptors (Lipinski definition) is 3. The number of primary amides is 1. The molecule has 0 radical (unpaired) electrons. The van der Waals surface area contributed by atoms with Gasteiger partial charge in [0.05, 0.1) is 12.2 Å². The zero-order chi connectivity index (χ0) is 10.3. The van der Waals surface area contributed by atoms with Gasteiger partial charge in [0.25, 0.3) is 5.91 Å². The summed E-state index contributed by atoms with van der Waals surface area (Å²) in [5.74, 6) is -1.54. The second kappa shape index (κ2) is 3.07. The molecule has 0 aliphatic carbocycles. The van der Waals surface area contributed by atoms with E-state index in [1.54, 1.807) is 0 Å². The summed E-state index contributed by atoms with van der Waals surface area (Å²) in [6, 6.07) is 2.39. The summed E-state index contributed by atoms with van der Waals surface area (Å²) in [7, 11) is -1.09. The first-order valence-electron chi connectivity index (χ1n) is 4.01. The maximum Gasteiger partial charge on any atom is 0.491 e. The van der Waals surface area contributed by atoms with Gasteiger partial charge >= 0.3 is 7.12 Å². The highest BCUT2D eigenvalue weighted by molar-refractivity contribution is 6.61. The molecule has 0 atom stereocenters. The van der Waals surface area contributed by atoms with Gasteiger partial charge in [-0.05, 0) is 23.2 Å². The van der Waals surface area contributed by atoms with E-state index in [0.717, 1.165) is 6.07 Å². The number of benzene rings is 1. The molecular formula is C8H7BFNO3. The van der Waals surface area contributed by atoms with Crippen molar-refractivity contribution in [3.05, 3.63) is 29.1 Å². The molecule has 0 bridgehead atoms. The summed E-state index contributed by atoms with van der Waals surface area (Å²) in [4.78, 5) is 10.8. The Morgan fingerprint density at radius 1 is 1.64 bits per heavy atom. The quantitative estimate of drug-likeness (QED) is 0.572. The normalized spacial score (nSPS) is 14.3. The number of halogens is 1. The lowest BCUT2D eigenvalue weighted by Crippen LogP contribution is -2.30. The van der Waals surface area contributed by atoms with E-state index in [1.807, 2.05) is 0 Å². The Morgan fingerprint density at radius 2 is 2.36 bits per heavy atom. The summed E-state index contributed by atoms with van der Waals surface area (Å²) in [5.41, 5.74) is 5.67. The molecule has 1 aromatic carbocycles. The van der Waals surface area contributed by atoms with E-state index in [-0.39, 0.29) is 12.2 Å². The van der Waals surface area contributed by atoms with Crippen molar-refractivity contribution in [1.29, 1.82) is 0 Å². The van der Waals surface area contributed by atoms with Crippen molar-refractivity contribution in [3.63, 3.8) is 0 Å². The van der Waals surface area contributed by atoms with Gasteiger partial charge in [-0.2, -0.15) is 0 Å². The van der Waals surface area contributed by atoms with E-state index in [9.17, 15) is 14.2 Å². The third-order valence-corrected chi connectivity index (χ3v) is 2.16. The SMILES string of the molecule is NC(=O)c1cc2c(cc1F)COB2O. The maximum atomic E-state index is 13.2. The summed E-state index contributed by atoms with van der Waals surface area (Å²) in [6.07, 6.45) is 0. The number of nitrogens with two attached hydrogens (primary N) is 1. The Hall–Kier alpha value is -1.40. The van der Waals surface area contributed by atoms with Crippen molar-refractivity contribution in [3.8, 4) is 0 Å². The molecule has 2 rings (SSSR count). The second-order valence-electron chi connectivity index (χ2n) is 3.06. The van der Waals surface area contributed by atoms with Gasteiger partial charge in [0, 0.05) is 0 Å². The summed E-state index contributed by atoms with van der Waals surface area (Å²) < 4.78 is 18.0. The van der Waals surface area contributed by atoms with Crippen LogP contribution < -0.4 is 11.2 Å². The number of amides is 1. The zero-order valence-electron chi connectivity index (χ0n) is 7.16. The van der Waals surface area contributed by atoms with Gasteiger partial charge in [-0.1, -0.05) is 0 Å². The van der Waals surface area contributed by atoms with E-state index in [2.05, 4.69) is 0 Å². The molecule has 0 unspecified atom stereocenters. The van der Waals surface area contributed by atoms with Gasteiger partial charge in [0.1, 0.15) is 5.82 Å². The van der Waals surface area contributed by atoms with Crippen LogP contribution in [-0.2, 0) is 11.3 Å². The second-order valence-corrected chi connectivity index (χ2v) is 3.06. The molecule has 0 fully saturated rings. The van der Waals surface area contributed by atoms with Crippen LogP contribution in [0.1, 0.15) is 15.9 Å². The first kappa shape index (κ1) is 9.17. The van der Waals surface area contributed by atoms with Gasteiger partial charge in [-0.3, -0.25) is 4.79 Å². The van der Waals surface area contributed by atoms with Crippen LogP contribution in [-0.4, -0.2) is 18.0 Å². The lowest BCUT2D eigenvalue weighted by Gasteiger charge is -2.02. The lowest BCUT2D eigenvalue weighted by atomic mass is 9.78. The third-order valence-electron chi connectivity index (χ3n) is 2.16. The maximum absolute atomic E-state index is 13.2. The number of hydrogen-bond donors (Lipinski definition) is 2. The highest BCUT2D eigenvalue weighted by Gasteiger charge is 2.29. The number of fused-ring (bicyclic) bond motifs is 1. The average molecular weight is 195 g/mol. The molecule has 0 saturated heterocycles. The Kier molecular flexibility index (Phi) is 2.01. The van der Waals surface area contributed by atoms with Gasteiger partial charge in [0.15, 0.2) is 0 Å². The van der Waals surface area contributed by atoms with Crippen LogP contribution in [0.25, 0.3) is 0 Å². The molecule has 1 amide bonds. The van der Waals surface area contributed by atoms with Gasteiger partial charge in [-0.15, -0.1) is 0 Å². The van der Waals surface area contributed by atoms with Gasteiger partial charge in [-0.25, -0.2) is 4.39 Å². The van der Waals surface area contributed by atoms with Crippen LogP contribution in [0.3, 0.4) is 0 Å². The predicted molar refractivity (Wildman–Crippen MR) is 47.3 cm³/mol. The van der Waals surface area contributed by atoms with Crippen molar-refractivity contribution in [2.24, 2.45) is 5.73 Å². The summed E-state index contributed by atoms with van der Waals surface area (Å²) in [5, 5.41) is 9.28. The minimum absolute atomic E-state index is 0.145. The van der Waals surface area contributed by atoms with E-state index in [4.69, 9.17) is 10.4 Å².